The van der Waals surface area contributed by atoms with Crippen LogP contribution in [0.3, 0.4) is 0 Å². The topological polar surface area (TPSA) is 88.5 Å². The molecule has 0 aliphatic heterocycles. The van der Waals surface area contributed by atoms with Gasteiger partial charge in [-0.2, -0.15) is 0 Å². The van der Waals surface area contributed by atoms with Gasteiger partial charge in [0.2, 0.25) is 0 Å². The highest BCUT2D eigenvalue weighted by Gasteiger charge is 2.23. The summed E-state index contributed by atoms with van der Waals surface area (Å²) in [6.45, 7) is 5.10. The molecule has 1 rings (SSSR count). The minimum atomic E-state index is -1.16. The number of carboxylic acids is 1. The number of ether oxygens (including phenoxy) is 1. The van der Waals surface area contributed by atoms with Gasteiger partial charge in [0.1, 0.15) is 11.6 Å². The molecule has 1 aromatic rings. The average molecular weight is 290 g/mol. The van der Waals surface area contributed by atoms with Crippen molar-refractivity contribution in [1.29, 1.82) is 0 Å². The van der Waals surface area contributed by atoms with Crippen LogP contribution < -0.4 is 5.32 Å². The number of aromatic nitrogens is 1. The minimum absolute atomic E-state index is 0.0170. The molecule has 0 saturated carbocycles. The summed E-state index contributed by atoms with van der Waals surface area (Å²) in [6, 6.07) is 2.31. The van der Waals surface area contributed by atoms with Crippen LogP contribution in [-0.2, 0) is 9.53 Å². The molecule has 0 aliphatic rings. The minimum Gasteiger partial charge on any atom is -0.480 e. The molecule has 0 fully saturated rings. The van der Waals surface area contributed by atoms with Crippen LogP contribution in [0.25, 0.3) is 0 Å². The molecule has 0 aliphatic carbocycles. The number of rotatable bonds is 3. The number of alkyl carbamates (subject to hydrolysis) is 1. The molecule has 112 valence electrons. The number of pyridine rings is 1. The van der Waals surface area contributed by atoms with Gasteiger partial charge in [0.05, 0.1) is 0 Å². The van der Waals surface area contributed by atoms with Crippen molar-refractivity contribution < 1.29 is 19.4 Å². The van der Waals surface area contributed by atoms with Crippen molar-refractivity contribution in [1.82, 2.24) is 10.3 Å². The van der Waals surface area contributed by atoms with Gasteiger partial charge in [-0.25, -0.2) is 9.59 Å². The van der Waals surface area contributed by atoms with Gasteiger partial charge < -0.3 is 15.2 Å². The van der Waals surface area contributed by atoms with E-state index in [1.54, 1.807) is 45.3 Å². The number of amides is 1. The molecule has 2 N–H and O–H groups in total. The van der Waals surface area contributed by atoms with E-state index < -0.39 is 23.7 Å². The molecule has 1 unspecified atom stereocenters. The molecule has 21 heavy (non-hydrogen) atoms. The molecule has 0 saturated heterocycles. The molecule has 0 radical (unpaired) electrons. The third-order valence-corrected chi connectivity index (χ3v) is 2.21. The average Bonchev–Trinajstić information content (AvgIpc) is 2.36. The number of carbonyl (C=O) groups is 2. The molecular formula is C15H18N2O4. The van der Waals surface area contributed by atoms with Crippen LogP contribution in [-0.4, -0.2) is 33.8 Å². The van der Waals surface area contributed by atoms with Crippen molar-refractivity contribution in [2.75, 3.05) is 0 Å². The molecule has 6 nitrogen and oxygen atoms in total. The maximum absolute atomic E-state index is 11.6. The smallest absolute Gasteiger partial charge is 0.408 e. The predicted molar refractivity (Wildman–Crippen MR) is 76.5 cm³/mol. The molecule has 1 amide bonds. The van der Waals surface area contributed by atoms with E-state index in [1.165, 1.54) is 0 Å². The Hall–Kier alpha value is -2.55. The number of nitrogens with zero attached hydrogens (tertiary/aromatic N) is 1. The fourth-order valence-electron chi connectivity index (χ4n) is 1.34. The summed E-state index contributed by atoms with van der Waals surface area (Å²) in [6.07, 6.45) is 2.40. The second-order valence-corrected chi connectivity index (χ2v) is 5.28. The molecule has 6 heteroatoms. The number of carbonyl (C=O) groups excluding carboxylic acids is 1. The van der Waals surface area contributed by atoms with Crippen LogP contribution in [0.2, 0.25) is 0 Å². The molecule has 1 aromatic heterocycles. The van der Waals surface area contributed by atoms with Gasteiger partial charge in [-0.1, -0.05) is 11.8 Å². The lowest BCUT2D eigenvalue weighted by atomic mass is 10.2. The van der Waals surface area contributed by atoms with E-state index >= 15 is 0 Å². The first kappa shape index (κ1) is 16.5. The second kappa shape index (κ2) is 7.29. The van der Waals surface area contributed by atoms with Gasteiger partial charge in [0.15, 0.2) is 0 Å². The highest BCUT2D eigenvalue weighted by molar-refractivity contribution is 5.80. The lowest BCUT2D eigenvalue weighted by Gasteiger charge is -2.21. The first-order valence-corrected chi connectivity index (χ1v) is 6.39. The summed E-state index contributed by atoms with van der Waals surface area (Å²) in [7, 11) is 0. The Morgan fingerprint density at radius 3 is 2.52 bits per heavy atom. The van der Waals surface area contributed by atoms with Crippen molar-refractivity contribution in [3.05, 3.63) is 30.1 Å². The third kappa shape index (κ3) is 6.97. The quantitative estimate of drug-likeness (QED) is 0.829. The normalized spacial score (nSPS) is 11.8. The molecule has 1 heterocycles. The van der Waals surface area contributed by atoms with E-state index in [2.05, 4.69) is 22.1 Å². The van der Waals surface area contributed by atoms with Crippen LogP contribution in [0.1, 0.15) is 32.8 Å². The van der Waals surface area contributed by atoms with Crippen molar-refractivity contribution in [3.63, 3.8) is 0 Å². The summed E-state index contributed by atoms with van der Waals surface area (Å²) in [4.78, 5) is 26.5. The highest BCUT2D eigenvalue weighted by Crippen LogP contribution is 2.07. The zero-order chi connectivity index (χ0) is 15.9. The Bertz CT molecular complexity index is 553. The zero-order valence-electron chi connectivity index (χ0n) is 12.2. The number of hydrogen-bond donors (Lipinski definition) is 2. The van der Waals surface area contributed by atoms with E-state index in [1.807, 2.05) is 0 Å². The van der Waals surface area contributed by atoms with Gasteiger partial charge in [-0.05, 0) is 32.9 Å². The summed E-state index contributed by atoms with van der Waals surface area (Å²) in [5.41, 5.74) is 0.0435. The van der Waals surface area contributed by atoms with Crippen molar-refractivity contribution >= 4 is 12.1 Å². The molecular weight excluding hydrogens is 272 g/mol. The van der Waals surface area contributed by atoms with Gasteiger partial charge in [-0.3, -0.25) is 4.98 Å². The van der Waals surface area contributed by atoms with Gasteiger partial charge in [-0.15, -0.1) is 0 Å². The molecule has 0 spiro atoms. The predicted octanol–water partition coefficient (Wildman–Crippen LogP) is 1.80. The van der Waals surface area contributed by atoms with E-state index in [0.717, 1.165) is 5.56 Å². The Morgan fingerprint density at radius 2 is 2.00 bits per heavy atom. The summed E-state index contributed by atoms with van der Waals surface area (Å²) < 4.78 is 5.01. The number of hydrogen-bond acceptors (Lipinski definition) is 4. The monoisotopic (exact) mass is 290 g/mol. The summed E-state index contributed by atoms with van der Waals surface area (Å²) in [5, 5.41) is 11.4. The lowest BCUT2D eigenvalue weighted by molar-refractivity contribution is -0.139. The Kier molecular flexibility index (Phi) is 5.73. The van der Waals surface area contributed by atoms with Crippen LogP contribution in [0.4, 0.5) is 4.79 Å². The van der Waals surface area contributed by atoms with Crippen molar-refractivity contribution in [3.8, 4) is 11.8 Å². The van der Waals surface area contributed by atoms with E-state index in [0.29, 0.717) is 0 Å². The largest absolute Gasteiger partial charge is 0.480 e. The van der Waals surface area contributed by atoms with E-state index in [4.69, 9.17) is 9.84 Å². The zero-order valence-corrected chi connectivity index (χ0v) is 12.2. The number of nitrogens with one attached hydrogen (secondary N) is 1. The molecule has 0 aromatic carbocycles. The van der Waals surface area contributed by atoms with E-state index in [-0.39, 0.29) is 6.42 Å². The number of aliphatic carboxylic acids is 1. The first-order valence-electron chi connectivity index (χ1n) is 6.39. The van der Waals surface area contributed by atoms with Crippen LogP contribution in [0.15, 0.2) is 24.5 Å². The van der Waals surface area contributed by atoms with Crippen LogP contribution in [0, 0.1) is 11.8 Å². The van der Waals surface area contributed by atoms with Crippen LogP contribution >= 0.6 is 0 Å². The maximum Gasteiger partial charge on any atom is 0.408 e. The van der Waals surface area contributed by atoms with Gasteiger partial charge >= 0.3 is 12.1 Å². The fraction of sp³-hybridized carbons (Fsp3) is 0.400. The molecule has 0 bridgehead atoms. The van der Waals surface area contributed by atoms with Gasteiger partial charge in [0.25, 0.3) is 0 Å². The lowest BCUT2D eigenvalue weighted by Crippen LogP contribution is -2.43. The maximum atomic E-state index is 11.6. The third-order valence-electron chi connectivity index (χ3n) is 2.21. The van der Waals surface area contributed by atoms with Crippen molar-refractivity contribution in [2.45, 2.75) is 38.8 Å². The summed E-state index contributed by atoms with van der Waals surface area (Å²) >= 11 is 0. The SMILES string of the molecule is CC(C)(C)OC(=O)NC(CC#Cc1ccncc1)C(=O)O. The van der Waals surface area contributed by atoms with Crippen LogP contribution in [0.5, 0.6) is 0 Å². The highest BCUT2D eigenvalue weighted by atomic mass is 16.6. The van der Waals surface area contributed by atoms with Crippen molar-refractivity contribution in [2.24, 2.45) is 0 Å². The fourth-order valence-corrected chi connectivity index (χ4v) is 1.34. The van der Waals surface area contributed by atoms with E-state index in [9.17, 15) is 9.59 Å². The first-order chi connectivity index (χ1) is 9.78. The second-order valence-electron chi connectivity index (χ2n) is 5.28. The Labute approximate surface area is 123 Å². The van der Waals surface area contributed by atoms with Gasteiger partial charge in [0, 0.05) is 24.4 Å². The summed E-state index contributed by atoms with van der Waals surface area (Å²) in [5.74, 6) is 4.37. The standard InChI is InChI=1S/C15H18N2O4/c1-15(2,3)21-14(20)17-12(13(18)19)6-4-5-11-7-9-16-10-8-11/h7-10,12H,6H2,1-3H3,(H,17,20)(H,18,19). The molecule has 1 atom stereocenters. The number of carboxylic acid groups (broad SMARTS) is 1. The Morgan fingerprint density at radius 1 is 1.38 bits per heavy atom. The Balaban J connectivity index is 2.61.